The first-order valence-corrected chi connectivity index (χ1v) is 9.43. The summed E-state index contributed by atoms with van der Waals surface area (Å²) in [5.41, 5.74) is 13.4. The third-order valence-corrected chi connectivity index (χ3v) is 5.17. The van der Waals surface area contributed by atoms with Crippen LogP contribution >= 0.6 is 0 Å². The second-order valence-electron chi connectivity index (χ2n) is 9.41. The lowest BCUT2D eigenvalue weighted by molar-refractivity contribution is 0.585. The highest BCUT2D eigenvalue weighted by atomic mass is 14.5. The van der Waals surface area contributed by atoms with Crippen molar-refractivity contribution in [2.45, 2.75) is 71.6 Å². The zero-order chi connectivity index (χ0) is 18.8. The van der Waals surface area contributed by atoms with Crippen LogP contribution < -0.4 is 5.73 Å². The highest BCUT2D eigenvalue weighted by Crippen LogP contribution is 2.30. The van der Waals surface area contributed by atoms with Crippen LogP contribution in [-0.2, 0) is 17.3 Å². The van der Waals surface area contributed by atoms with Gasteiger partial charge in [-0.2, -0.15) is 0 Å². The summed E-state index contributed by atoms with van der Waals surface area (Å²) < 4.78 is 0. The Hall–Kier alpha value is -1.60. The SMILES string of the molecule is Cc1ccc(C(C)(C)C)cc1C(CN)Cc1ccc(C(C)(C)C)cc1. The zero-order valence-electron chi connectivity index (χ0n) is 17.1. The zero-order valence-corrected chi connectivity index (χ0v) is 17.1. The molecule has 0 amide bonds. The Morgan fingerprint density at radius 2 is 1.32 bits per heavy atom. The molecule has 2 aromatic carbocycles. The number of hydrogen-bond acceptors (Lipinski definition) is 1. The van der Waals surface area contributed by atoms with Crippen LogP contribution in [0.25, 0.3) is 0 Å². The predicted molar refractivity (Wildman–Crippen MR) is 111 cm³/mol. The molecule has 2 rings (SSSR count). The van der Waals surface area contributed by atoms with Gasteiger partial charge in [0.15, 0.2) is 0 Å². The van der Waals surface area contributed by atoms with Gasteiger partial charge in [-0.3, -0.25) is 0 Å². The van der Waals surface area contributed by atoms with Crippen LogP contribution in [0.15, 0.2) is 42.5 Å². The molecule has 136 valence electrons. The molecule has 1 heteroatoms. The van der Waals surface area contributed by atoms with Crippen LogP contribution in [0.2, 0.25) is 0 Å². The summed E-state index contributed by atoms with van der Waals surface area (Å²) in [6.45, 7) is 16.4. The third kappa shape index (κ3) is 4.95. The molecule has 2 aromatic rings. The second kappa shape index (κ2) is 7.33. The fraction of sp³-hybridized carbons (Fsp3) is 0.500. The van der Waals surface area contributed by atoms with Crippen LogP contribution in [-0.4, -0.2) is 6.54 Å². The molecule has 1 atom stereocenters. The van der Waals surface area contributed by atoms with Crippen molar-refractivity contribution in [1.82, 2.24) is 0 Å². The molecule has 0 saturated carbocycles. The Morgan fingerprint density at radius 3 is 1.80 bits per heavy atom. The molecule has 0 aromatic heterocycles. The van der Waals surface area contributed by atoms with Gasteiger partial charge in [0.1, 0.15) is 0 Å². The van der Waals surface area contributed by atoms with Crippen molar-refractivity contribution >= 4 is 0 Å². The van der Waals surface area contributed by atoms with E-state index >= 15 is 0 Å². The van der Waals surface area contributed by atoms with E-state index in [-0.39, 0.29) is 10.8 Å². The van der Waals surface area contributed by atoms with E-state index in [1.54, 1.807) is 0 Å². The lowest BCUT2D eigenvalue weighted by Gasteiger charge is -2.24. The summed E-state index contributed by atoms with van der Waals surface area (Å²) in [7, 11) is 0. The van der Waals surface area contributed by atoms with Gasteiger partial charge in [-0.25, -0.2) is 0 Å². The summed E-state index contributed by atoms with van der Waals surface area (Å²) in [5.74, 6) is 0.364. The summed E-state index contributed by atoms with van der Waals surface area (Å²) in [6.07, 6.45) is 0.995. The molecule has 0 heterocycles. The van der Waals surface area contributed by atoms with E-state index in [1.807, 2.05) is 0 Å². The fourth-order valence-corrected chi connectivity index (χ4v) is 3.29. The molecule has 1 nitrogen and oxygen atoms in total. The van der Waals surface area contributed by atoms with E-state index in [9.17, 15) is 0 Å². The molecule has 0 radical (unpaired) electrons. The quantitative estimate of drug-likeness (QED) is 0.741. The number of nitrogens with two attached hydrogens (primary N) is 1. The maximum Gasteiger partial charge on any atom is 0.000429 e. The van der Waals surface area contributed by atoms with Gasteiger partial charge >= 0.3 is 0 Å². The van der Waals surface area contributed by atoms with Crippen LogP contribution in [0.1, 0.15) is 75.3 Å². The minimum absolute atomic E-state index is 0.163. The van der Waals surface area contributed by atoms with E-state index < -0.39 is 0 Å². The van der Waals surface area contributed by atoms with Crippen LogP contribution in [0.5, 0.6) is 0 Å². The Kier molecular flexibility index (Phi) is 5.79. The van der Waals surface area contributed by atoms with Gasteiger partial charge in [0.2, 0.25) is 0 Å². The smallest absolute Gasteiger partial charge is 0.000429 e. The molecule has 0 aliphatic rings. The molecule has 0 aliphatic carbocycles. The Labute approximate surface area is 154 Å². The Balaban J connectivity index is 2.28. The predicted octanol–water partition coefficient (Wildman–Crippen LogP) is 5.88. The number of hydrogen-bond donors (Lipinski definition) is 1. The van der Waals surface area contributed by atoms with E-state index in [0.29, 0.717) is 12.5 Å². The minimum atomic E-state index is 0.163. The molecule has 0 spiro atoms. The largest absolute Gasteiger partial charge is 0.330 e. The summed E-state index contributed by atoms with van der Waals surface area (Å²) in [6, 6.07) is 15.9. The lowest BCUT2D eigenvalue weighted by atomic mass is 9.81. The summed E-state index contributed by atoms with van der Waals surface area (Å²) in [5, 5.41) is 0. The summed E-state index contributed by atoms with van der Waals surface area (Å²) >= 11 is 0. The van der Waals surface area contributed by atoms with Crippen LogP contribution in [0, 0.1) is 6.92 Å². The maximum absolute atomic E-state index is 6.18. The molecular weight excluding hydrogens is 302 g/mol. The molecule has 0 aliphatic heterocycles. The van der Waals surface area contributed by atoms with Gasteiger partial charge in [0, 0.05) is 5.92 Å². The fourth-order valence-electron chi connectivity index (χ4n) is 3.29. The van der Waals surface area contributed by atoms with Crippen molar-refractivity contribution < 1.29 is 0 Å². The van der Waals surface area contributed by atoms with E-state index in [2.05, 4.69) is 90.9 Å². The highest BCUT2D eigenvalue weighted by Gasteiger charge is 2.19. The van der Waals surface area contributed by atoms with Crippen molar-refractivity contribution in [3.8, 4) is 0 Å². The van der Waals surface area contributed by atoms with Gasteiger partial charge in [0.25, 0.3) is 0 Å². The standard InChI is InChI=1S/C24H35N/c1-17-8-11-21(24(5,6)7)15-22(17)19(16-25)14-18-9-12-20(13-10-18)23(2,3)4/h8-13,15,19H,14,16,25H2,1-7H3. The van der Waals surface area contributed by atoms with Gasteiger partial charge in [-0.05, 0) is 58.5 Å². The summed E-state index contributed by atoms with van der Waals surface area (Å²) in [4.78, 5) is 0. The molecule has 0 fully saturated rings. The van der Waals surface area contributed by atoms with Crippen molar-refractivity contribution in [2.75, 3.05) is 6.54 Å². The van der Waals surface area contributed by atoms with Gasteiger partial charge in [-0.15, -0.1) is 0 Å². The Bertz CT molecular complexity index is 696. The Morgan fingerprint density at radius 1 is 0.800 bits per heavy atom. The third-order valence-electron chi connectivity index (χ3n) is 5.17. The normalized spacial score (nSPS) is 13.8. The van der Waals surface area contributed by atoms with Crippen molar-refractivity contribution in [1.29, 1.82) is 0 Å². The number of aryl methyl sites for hydroxylation is 1. The second-order valence-corrected chi connectivity index (χ2v) is 9.41. The average molecular weight is 338 g/mol. The maximum atomic E-state index is 6.18. The first-order valence-electron chi connectivity index (χ1n) is 9.43. The monoisotopic (exact) mass is 337 g/mol. The molecular formula is C24H35N. The first-order chi connectivity index (χ1) is 11.5. The molecule has 0 saturated heterocycles. The van der Waals surface area contributed by atoms with Crippen molar-refractivity contribution in [3.05, 3.63) is 70.3 Å². The van der Waals surface area contributed by atoms with E-state index in [1.165, 1.54) is 27.8 Å². The van der Waals surface area contributed by atoms with Gasteiger partial charge in [-0.1, -0.05) is 84.0 Å². The van der Waals surface area contributed by atoms with Crippen LogP contribution in [0.3, 0.4) is 0 Å². The molecule has 1 unspecified atom stereocenters. The van der Waals surface area contributed by atoms with Crippen molar-refractivity contribution in [3.63, 3.8) is 0 Å². The lowest BCUT2D eigenvalue weighted by Crippen LogP contribution is -2.18. The average Bonchev–Trinajstić information content (AvgIpc) is 2.52. The first kappa shape index (κ1) is 19.7. The topological polar surface area (TPSA) is 26.0 Å². The van der Waals surface area contributed by atoms with Gasteiger partial charge in [0.05, 0.1) is 0 Å². The van der Waals surface area contributed by atoms with Gasteiger partial charge < -0.3 is 5.73 Å². The van der Waals surface area contributed by atoms with E-state index in [4.69, 9.17) is 5.73 Å². The minimum Gasteiger partial charge on any atom is -0.330 e. The van der Waals surface area contributed by atoms with Crippen molar-refractivity contribution in [2.24, 2.45) is 5.73 Å². The molecule has 0 bridgehead atoms. The van der Waals surface area contributed by atoms with E-state index in [0.717, 1.165) is 6.42 Å². The number of rotatable bonds is 4. The number of benzene rings is 2. The highest BCUT2D eigenvalue weighted by molar-refractivity contribution is 5.38. The molecule has 25 heavy (non-hydrogen) atoms. The van der Waals surface area contributed by atoms with Crippen LogP contribution in [0.4, 0.5) is 0 Å². The molecule has 2 N–H and O–H groups in total.